The fraction of sp³-hybridized carbons (Fsp3) is 0.406. The Morgan fingerprint density at radius 2 is 1.91 bits per heavy atom. The van der Waals surface area contributed by atoms with Gasteiger partial charge in [-0.05, 0) is 80.9 Å². The van der Waals surface area contributed by atoms with Gasteiger partial charge < -0.3 is 9.47 Å². The number of halogens is 4. The molecule has 0 spiro atoms. The van der Waals surface area contributed by atoms with Crippen molar-refractivity contribution in [2.24, 2.45) is 5.41 Å². The molecule has 45 heavy (non-hydrogen) atoms. The van der Waals surface area contributed by atoms with E-state index in [9.17, 15) is 18.4 Å². The van der Waals surface area contributed by atoms with E-state index in [0.717, 1.165) is 61.3 Å². The van der Waals surface area contributed by atoms with Gasteiger partial charge in [0.2, 0.25) is 5.82 Å². The lowest BCUT2D eigenvalue weighted by atomic mass is 9.88. The molecular formula is C32H29ClF3N7O2. The summed E-state index contributed by atoms with van der Waals surface area (Å²) >= 11 is 6.03. The lowest BCUT2D eigenvalue weighted by Crippen LogP contribution is -2.34. The molecule has 0 amide bonds. The zero-order valence-electron chi connectivity index (χ0n) is 24.4. The first-order valence-corrected chi connectivity index (χ1v) is 15.2. The van der Waals surface area contributed by atoms with Gasteiger partial charge in [0.05, 0.1) is 22.2 Å². The molecule has 0 radical (unpaired) electrons. The normalized spacial score (nSPS) is 21.1. The first kappa shape index (κ1) is 29.5. The summed E-state index contributed by atoms with van der Waals surface area (Å²) < 4.78 is 52.0. The number of nitrogens with one attached hydrogen (secondary N) is 1. The zero-order chi connectivity index (χ0) is 31.4. The maximum Gasteiger partial charge on any atom is 0.451 e. The molecule has 2 fully saturated rings. The number of hydrogen-bond acceptors (Lipinski definition) is 8. The van der Waals surface area contributed by atoms with Crippen LogP contribution in [0, 0.1) is 16.7 Å². The highest BCUT2D eigenvalue weighted by atomic mass is 35.5. The van der Waals surface area contributed by atoms with Crippen molar-refractivity contribution in [2.75, 3.05) is 13.1 Å². The molecule has 1 N–H and O–H groups in total. The van der Waals surface area contributed by atoms with Gasteiger partial charge in [-0.3, -0.25) is 20.0 Å². The Bertz CT molecular complexity index is 1780. The van der Waals surface area contributed by atoms with Crippen molar-refractivity contribution < 1.29 is 22.6 Å². The smallest absolute Gasteiger partial charge is 0.443 e. The minimum absolute atomic E-state index is 0.0743. The number of aromatic nitrogens is 5. The van der Waals surface area contributed by atoms with E-state index < -0.39 is 23.2 Å². The number of nitriles is 1. The number of rotatable bonds is 7. The van der Waals surface area contributed by atoms with E-state index in [1.54, 1.807) is 24.4 Å². The third-order valence-electron chi connectivity index (χ3n) is 8.90. The first-order chi connectivity index (χ1) is 21.5. The summed E-state index contributed by atoms with van der Waals surface area (Å²) in [5.41, 5.74) is 3.31. The lowest BCUT2D eigenvalue weighted by Gasteiger charge is -2.33. The van der Waals surface area contributed by atoms with E-state index in [0.29, 0.717) is 35.0 Å². The number of H-pyrrole nitrogens is 1. The molecule has 1 atom stereocenters. The Hall–Kier alpha value is -4.21. The SMILES string of the molecule is C[C@]1(c2ccc(Cl)cn2)Oc2cccc(C3CCN(Cc4ncc(-c5n[nH]c(C(F)(F)F)n5)cc4CC4(C#N)CC4)CC3)c2O1. The van der Waals surface area contributed by atoms with E-state index in [2.05, 4.69) is 37.1 Å². The Labute approximate surface area is 262 Å². The van der Waals surface area contributed by atoms with Gasteiger partial charge in [0, 0.05) is 37.0 Å². The molecule has 9 nitrogen and oxygen atoms in total. The van der Waals surface area contributed by atoms with Crippen LogP contribution >= 0.6 is 11.6 Å². The highest BCUT2D eigenvalue weighted by Crippen LogP contribution is 2.50. The van der Waals surface area contributed by atoms with Crippen LogP contribution in [0.2, 0.25) is 5.02 Å². The summed E-state index contributed by atoms with van der Waals surface area (Å²) in [7, 11) is 0. The van der Waals surface area contributed by atoms with E-state index in [4.69, 9.17) is 21.1 Å². The summed E-state index contributed by atoms with van der Waals surface area (Å²) in [6.07, 6.45) is 2.31. The molecule has 13 heteroatoms. The number of para-hydroxylation sites is 1. The van der Waals surface area contributed by atoms with Crippen LogP contribution in [0.15, 0.2) is 48.8 Å². The largest absolute Gasteiger partial charge is 0.451 e. The second-order valence-corrected chi connectivity index (χ2v) is 12.6. The number of nitrogens with zero attached hydrogens (tertiary/aromatic N) is 6. The fourth-order valence-corrected chi connectivity index (χ4v) is 6.26. The van der Waals surface area contributed by atoms with Crippen molar-refractivity contribution in [1.29, 1.82) is 5.26 Å². The molecule has 232 valence electrons. The minimum atomic E-state index is -4.63. The van der Waals surface area contributed by atoms with Gasteiger partial charge >= 0.3 is 6.18 Å². The third-order valence-corrected chi connectivity index (χ3v) is 9.12. The van der Waals surface area contributed by atoms with Crippen molar-refractivity contribution in [3.05, 3.63) is 82.2 Å². The number of likely N-dealkylation sites (tertiary alicyclic amines) is 1. The van der Waals surface area contributed by atoms with E-state index in [-0.39, 0.29) is 11.7 Å². The van der Waals surface area contributed by atoms with Crippen LogP contribution in [0.5, 0.6) is 11.5 Å². The van der Waals surface area contributed by atoms with E-state index in [1.807, 2.05) is 24.2 Å². The van der Waals surface area contributed by atoms with Crippen molar-refractivity contribution >= 4 is 11.6 Å². The summed E-state index contributed by atoms with van der Waals surface area (Å²) in [4.78, 5) is 15.0. The number of benzene rings is 1. The molecule has 2 aliphatic heterocycles. The molecule has 1 saturated carbocycles. The minimum Gasteiger partial charge on any atom is -0.443 e. The summed E-state index contributed by atoms with van der Waals surface area (Å²) in [5.74, 6) is -0.606. The number of ether oxygens (including phenoxy) is 2. The summed E-state index contributed by atoms with van der Waals surface area (Å²) in [6, 6.07) is 13.7. The van der Waals surface area contributed by atoms with Gasteiger partial charge in [0.15, 0.2) is 17.3 Å². The number of hydrogen-bond donors (Lipinski definition) is 1. The maximum absolute atomic E-state index is 13.1. The number of fused-ring (bicyclic) bond motifs is 1. The molecule has 1 aliphatic carbocycles. The van der Waals surface area contributed by atoms with Crippen LogP contribution in [0.1, 0.15) is 66.9 Å². The quantitative estimate of drug-likeness (QED) is 0.236. The maximum atomic E-state index is 13.1. The third kappa shape index (κ3) is 5.82. The Balaban J connectivity index is 1.06. The van der Waals surface area contributed by atoms with Crippen LogP contribution in [-0.2, 0) is 24.9 Å². The predicted octanol–water partition coefficient (Wildman–Crippen LogP) is 6.80. The number of pyridine rings is 2. The van der Waals surface area contributed by atoms with Crippen LogP contribution in [-0.4, -0.2) is 43.1 Å². The number of piperidine rings is 1. The Kier molecular flexibility index (Phi) is 7.21. The summed E-state index contributed by atoms with van der Waals surface area (Å²) in [5, 5.41) is 16.0. The van der Waals surface area contributed by atoms with Gasteiger partial charge in [-0.15, -0.1) is 0 Å². The zero-order valence-corrected chi connectivity index (χ0v) is 25.1. The lowest BCUT2D eigenvalue weighted by molar-refractivity contribution is -0.144. The van der Waals surface area contributed by atoms with Gasteiger partial charge in [0.25, 0.3) is 5.79 Å². The van der Waals surface area contributed by atoms with Gasteiger partial charge in [-0.2, -0.15) is 23.5 Å². The Morgan fingerprint density at radius 1 is 1.11 bits per heavy atom. The Morgan fingerprint density at radius 3 is 2.58 bits per heavy atom. The fourth-order valence-electron chi connectivity index (χ4n) is 6.15. The summed E-state index contributed by atoms with van der Waals surface area (Å²) in [6.45, 7) is 4.04. The molecule has 3 aromatic heterocycles. The van der Waals surface area contributed by atoms with Gasteiger partial charge in [-0.25, -0.2) is 4.98 Å². The topological polar surface area (TPSA) is 113 Å². The highest BCUT2D eigenvalue weighted by molar-refractivity contribution is 6.30. The first-order valence-electron chi connectivity index (χ1n) is 14.8. The highest BCUT2D eigenvalue weighted by Gasteiger charge is 2.44. The molecule has 0 bridgehead atoms. The van der Waals surface area contributed by atoms with Crippen molar-refractivity contribution in [3.8, 4) is 29.0 Å². The number of alkyl halides is 3. The van der Waals surface area contributed by atoms with Crippen molar-refractivity contribution in [2.45, 2.75) is 63.5 Å². The molecule has 1 saturated heterocycles. The van der Waals surface area contributed by atoms with E-state index in [1.165, 1.54) is 6.20 Å². The average molecular weight is 636 g/mol. The second kappa shape index (κ2) is 11.0. The monoisotopic (exact) mass is 635 g/mol. The van der Waals surface area contributed by atoms with Crippen LogP contribution in [0.25, 0.3) is 11.4 Å². The van der Waals surface area contributed by atoms with Crippen molar-refractivity contribution in [1.82, 2.24) is 30.0 Å². The molecular weight excluding hydrogens is 607 g/mol. The van der Waals surface area contributed by atoms with Gasteiger partial charge in [-0.1, -0.05) is 23.7 Å². The van der Waals surface area contributed by atoms with Gasteiger partial charge in [0.1, 0.15) is 5.69 Å². The van der Waals surface area contributed by atoms with Crippen molar-refractivity contribution in [3.63, 3.8) is 0 Å². The average Bonchev–Trinajstić information content (AvgIpc) is 3.42. The molecule has 1 aromatic carbocycles. The van der Waals surface area contributed by atoms with E-state index >= 15 is 0 Å². The molecule has 0 unspecified atom stereocenters. The van der Waals surface area contributed by atoms with Crippen LogP contribution in [0.3, 0.4) is 0 Å². The predicted molar refractivity (Wildman–Crippen MR) is 157 cm³/mol. The molecule has 3 aliphatic rings. The standard InChI is InChI=1S/C32H29ClF3N7O2/c1-30(26-6-5-22(33)16-39-26)44-25-4-2-3-23(27(25)45-30)19-7-11-43(12-8-19)17-24-20(14-31(18-37)9-10-31)13-21(15-38-24)28-40-29(42-41-28)32(34,35)36/h2-6,13,15-16,19H,7-12,14,17H2,1H3,(H,40,41,42)/t30-/m0/s1. The number of aromatic amines is 1. The van der Waals surface area contributed by atoms with Crippen LogP contribution < -0.4 is 9.47 Å². The van der Waals surface area contributed by atoms with Crippen LogP contribution in [0.4, 0.5) is 13.2 Å². The second-order valence-electron chi connectivity index (χ2n) is 12.1. The molecule has 7 rings (SSSR count). The molecule has 4 aromatic rings. The molecule has 5 heterocycles.